The van der Waals surface area contributed by atoms with Gasteiger partial charge in [0.1, 0.15) is 28.4 Å². The van der Waals surface area contributed by atoms with Crippen molar-refractivity contribution in [3.8, 4) is 28.7 Å². The van der Waals surface area contributed by atoms with Crippen molar-refractivity contribution in [2.45, 2.75) is 109 Å². The Morgan fingerprint density at radius 1 is 1.12 bits per heavy atom. The van der Waals surface area contributed by atoms with Crippen LogP contribution in [0, 0.1) is 11.3 Å². The van der Waals surface area contributed by atoms with E-state index < -0.39 is 29.1 Å². The first-order valence-electron chi connectivity index (χ1n) is 16.6. The van der Waals surface area contributed by atoms with E-state index in [1.54, 1.807) is 61.7 Å². The van der Waals surface area contributed by atoms with Crippen molar-refractivity contribution in [3.63, 3.8) is 0 Å². The van der Waals surface area contributed by atoms with Crippen LogP contribution in [0.2, 0.25) is 0 Å². The van der Waals surface area contributed by atoms with Gasteiger partial charge in [0.2, 0.25) is 0 Å². The smallest absolute Gasteiger partial charge is 0.423 e. The molecule has 4 aromatic rings. The SMILES string of the molecule is C=C(OC(C)(C)C)N(C(=O)OC(C)(C)C)c1cc(-c2cn3nccc3c(-c3cnn([C@]4(CC#N)C[C@@H](OC)C4)c3)n2)nn1C1CCCCO1. The minimum atomic E-state index is -0.784. The minimum absolute atomic E-state index is 0.0894. The third kappa shape index (κ3) is 7.04. The number of hydrogen-bond acceptors (Lipinski definition) is 10. The van der Waals surface area contributed by atoms with Crippen LogP contribution in [0.5, 0.6) is 0 Å². The molecule has 49 heavy (non-hydrogen) atoms. The maximum absolute atomic E-state index is 13.9. The number of nitriles is 1. The second-order valence-corrected chi connectivity index (χ2v) is 14.7. The monoisotopic (exact) mass is 671 g/mol. The molecule has 1 aliphatic heterocycles. The lowest BCUT2D eigenvalue weighted by Gasteiger charge is -2.45. The number of carbonyl (C=O) groups excluding carboxylic acids is 1. The van der Waals surface area contributed by atoms with Crippen molar-refractivity contribution < 1.29 is 23.7 Å². The van der Waals surface area contributed by atoms with Crippen molar-refractivity contribution in [1.82, 2.24) is 34.2 Å². The van der Waals surface area contributed by atoms with E-state index in [-0.39, 0.29) is 12.0 Å². The molecule has 0 aromatic carbocycles. The van der Waals surface area contributed by atoms with Crippen molar-refractivity contribution in [2.75, 3.05) is 18.6 Å². The highest BCUT2D eigenvalue weighted by atomic mass is 16.6. The van der Waals surface area contributed by atoms with Crippen molar-refractivity contribution in [2.24, 2.45) is 0 Å². The summed E-state index contributed by atoms with van der Waals surface area (Å²) in [5.41, 5.74) is 1.32. The van der Waals surface area contributed by atoms with Crippen LogP contribution in [0.4, 0.5) is 10.6 Å². The van der Waals surface area contributed by atoms with Crippen LogP contribution in [0.3, 0.4) is 0 Å². The predicted octanol–water partition coefficient (Wildman–Crippen LogP) is 6.60. The molecule has 2 fully saturated rings. The Kier molecular flexibility index (Phi) is 9.02. The summed E-state index contributed by atoms with van der Waals surface area (Å²) in [5.74, 6) is 0.463. The lowest BCUT2D eigenvalue weighted by Crippen LogP contribution is -2.50. The zero-order valence-corrected chi connectivity index (χ0v) is 29.3. The molecule has 0 radical (unpaired) electrons. The van der Waals surface area contributed by atoms with E-state index >= 15 is 0 Å². The summed E-state index contributed by atoms with van der Waals surface area (Å²) in [4.78, 5) is 20.3. The molecule has 6 rings (SSSR count). The largest absolute Gasteiger partial charge is 0.473 e. The summed E-state index contributed by atoms with van der Waals surface area (Å²) < 4.78 is 29.0. The summed E-state index contributed by atoms with van der Waals surface area (Å²) in [6, 6.07) is 5.98. The molecule has 14 nitrogen and oxygen atoms in total. The zero-order chi connectivity index (χ0) is 35.1. The Labute approximate surface area is 286 Å². The minimum Gasteiger partial charge on any atom is -0.473 e. The number of aromatic nitrogens is 7. The van der Waals surface area contributed by atoms with Crippen LogP contribution in [-0.2, 0) is 24.5 Å². The summed E-state index contributed by atoms with van der Waals surface area (Å²) in [5, 5.41) is 23.8. The predicted molar refractivity (Wildman–Crippen MR) is 181 cm³/mol. The highest BCUT2D eigenvalue weighted by molar-refractivity contribution is 5.90. The van der Waals surface area contributed by atoms with Gasteiger partial charge in [-0.25, -0.2) is 19.0 Å². The fourth-order valence-electron chi connectivity index (χ4n) is 6.32. The molecule has 1 unspecified atom stereocenters. The number of amides is 1. The molecule has 1 saturated carbocycles. The Bertz CT molecular complexity index is 1850. The number of rotatable bonds is 9. The lowest BCUT2D eigenvalue weighted by atomic mass is 9.72. The van der Waals surface area contributed by atoms with Gasteiger partial charge in [-0.1, -0.05) is 0 Å². The van der Waals surface area contributed by atoms with Gasteiger partial charge >= 0.3 is 6.09 Å². The molecular formula is C35H45N9O5. The second-order valence-electron chi connectivity index (χ2n) is 14.7. The fraction of sp³-hybridized carbons (Fsp3) is 0.543. The normalized spacial score (nSPS) is 21.2. The van der Waals surface area contributed by atoms with E-state index in [1.807, 2.05) is 37.7 Å². The van der Waals surface area contributed by atoms with Gasteiger partial charge in [-0.15, -0.1) is 0 Å². The van der Waals surface area contributed by atoms with Gasteiger partial charge in [0.15, 0.2) is 12.1 Å². The maximum atomic E-state index is 13.9. The quantitative estimate of drug-likeness (QED) is 0.178. The summed E-state index contributed by atoms with van der Waals surface area (Å²) in [6.45, 7) is 15.8. The Balaban J connectivity index is 1.46. The van der Waals surface area contributed by atoms with Gasteiger partial charge in [-0.3, -0.25) is 4.68 Å². The molecule has 1 saturated heterocycles. The number of ether oxygens (including phenoxy) is 4. The first kappa shape index (κ1) is 34.1. The van der Waals surface area contributed by atoms with Gasteiger partial charge in [0, 0.05) is 31.5 Å². The highest BCUT2D eigenvalue weighted by Gasteiger charge is 2.47. The van der Waals surface area contributed by atoms with Crippen LogP contribution in [0.25, 0.3) is 28.2 Å². The number of nitrogens with zero attached hydrogens (tertiary/aromatic N) is 9. The van der Waals surface area contributed by atoms with Gasteiger partial charge in [0.25, 0.3) is 0 Å². The molecule has 1 aliphatic carbocycles. The number of anilines is 1. The van der Waals surface area contributed by atoms with E-state index in [0.29, 0.717) is 55.2 Å². The topological polar surface area (TPSA) is 147 Å². The Morgan fingerprint density at radius 3 is 2.53 bits per heavy atom. The van der Waals surface area contributed by atoms with Gasteiger partial charge in [-0.2, -0.15) is 25.5 Å². The van der Waals surface area contributed by atoms with Crippen LogP contribution < -0.4 is 4.90 Å². The molecule has 0 bridgehead atoms. The number of hydrogen-bond donors (Lipinski definition) is 0. The average molecular weight is 672 g/mol. The standard InChI is InChI=1S/C35H45N9O5/c1-23(48-33(2,3)4)43(32(45)49-34(5,6)7)29-17-26(40-44(29)30-11-9-10-16-47-30)27-22-41-28(12-15-37-41)31(39-27)24-20-38-42(21-24)35(13-14-36)18-25(19-35)46-8/h12,15,17,20-22,25,30H,1,9-11,13,16,18-19H2,2-8H3/t25-,30?,35-. The van der Waals surface area contributed by atoms with Crippen LogP contribution in [-0.4, -0.2) is 71.3 Å². The highest BCUT2D eigenvalue weighted by Crippen LogP contribution is 2.44. The van der Waals surface area contributed by atoms with Crippen molar-refractivity contribution in [3.05, 3.63) is 49.4 Å². The summed E-state index contributed by atoms with van der Waals surface area (Å²) >= 11 is 0. The molecular weight excluding hydrogens is 626 g/mol. The summed E-state index contributed by atoms with van der Waals surface area (Å²) in [7, 11) is 1.69. The first-order chi connectivity index (χ1) is 23.2. The molecule has 0 spiro atoms. The number of methoxy groups -OCH3 is 1. The molecule has 4 aromatic heterocycles. The van der Waals surface area contributed by atoms with E-state index in [2.05, 4.69) is 22.8 Å². The Hall–Kier alpha value is -4.74. The van der Waals surface area contributed by atoms with E-state index in [4.69, 9.17) is 29.0 Å². The van der Waals surface area contributed by atoms with Crippen LogP contribution >= 0.6 is 0 Å². The molecule has 14 heteroatoms. The second kappa shape index (κ2) is 12.9. The number of fused-ring (bicyclic) bond motifs is 1. The summed E-state index contributed by atoms with van der Waals surface area (Å²) in [6.07, 6.45) is 10.5. The fourth-order valence-corrected chi connectivity index (χ4v) is 6.32. The third-order valence-corrected chi connectivity index (χ3v) is 8.57. The maximum Gasteiger partial charge on any atom is 0.423 e. The average Bonchev–Trinajstić information content (AvgIpc) is 3.77. The third-order valence-electron chi connectivity index (χ3n) is 8.57. The van der Waals surface area contributed by atoms with E-state index in [0.717, 1.165) is 23.9 Å². The van der Waals surface area contributed by atoms with Gasteiger partial charge in [-0.05, 0) is 86.3 Å². The first-order valence-corrected chi connectivity index (χ1v) is 16.6. The lowest BCUT2D eigenvalue weighted by molar-refractivity contribution is -0.0542. The molecule has 0 N–H and O–H groups in total. The molecule has 260 valence electrons. The molecule has 5 heterocycles. The number of carbonyl (C=O) groups is 1. The van der Waals surface area contributed by atoms with E-state index in [9.17, 15) is 10.1 Å². The molecule has 1 atom stereocenters. The van der Waals surface area contributed by atoms with Crippen molar-refractivity contribution >= 4 is 17.4 Å². The molecule has 2 aliphatic rings. The van der Waals surface area contributed by atoms with Crippen LogP contribution in [0.1, 0.15) is 86.3 Å². The Morgan fingerprint density at radius 2 is 1.88 bits per heavy atom. The van der Waals surface area contributed by atoms with Gasteiger partial charge < -0.3 is 18.9 Å². The van der Waals surface area contributed by atoms with Gasteiger partial charge in [0.05, 0.1) is 53.9 Å². The molecule has 1 amide bonds. The van der Waals surface area contributed by atoms with E-state index in [1.165, 1.54) is 4.90 Å². The zero-order valence-electron chi connectivity index (χ0n) is 29.3. The van der Waals surface area contributed by atoms with Crippen molar-refractivity contribution in [1.29, 1.82) is 5.26 Å². The van der Waals surface area contributed by atoms with Crippen LogP contribution in [0.15, 0.2) is 49.4 Å².